The van der Waals surface area contributed by atoms with E-state index in [-0.39, 0.29) is 18.4 Å². The maximum absolute atomic E-state index is 6.09. The fraction of sp³-hybridized carbons (Fsp3) is 0.500. The summed E-state index contributed by atoms with van der Waals surface area (Å²) in [6.45, 7) is 4.37. The molecule has 0 radical (unpaired) electrons. The molecular weight excluding hydrogens is 264 g/mol. The van der Waals surface area contributed by atoms with Gasteiger partial charge in [-0.2, -0.15) is 0 Å². The van der Waals surface area contributed by atoms with Crippen molar-refractivity contribution in [1.29, 1.82) is 0 Å². The van der Waals surface area contributed by atoms with E-state index in [1.165, 1.54) is 0 Å². The Hall–Kier alpha value is 0.0500. The second-order valence-corrected chi connectivity index (χ2v) is 5.01. The molecule has 0 spiro atoms. The molecule has 4 heteroatoms. The van der Waals surface area contributed by atoms with Gasteiger partial charge in [-0.1, -0.05) is 49.2 Å². The topological polar surface area (TPSA) is 26.0 Å². The van der Waals surface area contributed by atoms with Gasteiger partial charge in [0.1, 0.15) is 0 Å². The molecular formula is C12H18Cl3N. The van der Waals surface area contributed by atoms with Gasteiger partial charge in [0.25, 0.3) is 0 Å². The van der Waals surface area contributed by atoms with Gasteiger partial charge in [-0.25, -0.2) is 0 Å². The largest absolute Gasteiger partial charge is 0.324 e. The summed E-state index contributed by atoms with van der Waals surface area (Å²) in [5.74, 6) is 0.661. The number of rotatable bonds is 4. The molecule has 0 amide bonds. The Bertz CT molecular complexity index is 326. The van der Waals surface area contributed by atoms with E-state index in [1.54, 1.807) is 6.07 Å². The lowest BCUT2D eigenvalue weighted by atomic mass is 9.98. The van der Waals surface area contributed by atoms with Crippen LogP contribution < -0.4 is 5.73 Å². The highest BCUT2D eigenvalue weighted by Crippen LogP contribution is 2.31. The van der Waals surface area contributed by atoms with Crippen molar-refractivity contribution in [2.75, 3.05) is 0 Å². The number of hydrogen-bond acceptors (Lipinski definition) is 1. The van der Waals surface area contributed by atoms with Crippen LogP contribution in [0.2, 0.25) is 10.0 Å². The standard InChI is InChI=1S/C12H17Cl2N.ClH/c1-8(2)6-7-11(15)9-4-3-5-10(13)12(9)14;/h3-5,8,11H,6-7,15H2,1-2H3;1H/t11-;/m0./s1. The first-order chi connectivity index (χ1) is 7.02. The van der Waals surface area contributed by atoms with Crippen LogP contribution >= 0.6 is 35.6 Å². The Morgan fingerprint density at radius 2 is 1.81 bits per heavy atom. The number of halogens is 3. The lowest BCUT2D eigenvalue weighted by Gasteiger charge is -2.15. The van der Waals surface area contributed by atoms with Crippen molar-refractivity contribution in [3.8, 4) is 0 Å². The fourth-order valence-electron chi connectivity index (χ4n) is 1.48. The monoisotopic (exact) mass is 281 g/mol. The SMILES string of the molecule is CC(C)CC[C@H](N)c1cccc(Cl)c1Cl.Cl. The van der Waals surface area contributed by atoms with Crippen LogP contribution in [0.4, 0.5) is 0 Å². The van der Waals surface area contributed by atoms with E-state index < -0.39 is 0 Å². The van der Waals surface area contributed by atoms with Crippen LogP contribution in [0.5, 0.6) is 0 Å². The molecule has 0 unspecified atom stereocenters. The first kappa shape index (κ1) is 16.1. The molecule has 0 saturated carbocycles. The molecule has 2 N–H and O–H groups in total. The predicted octanol–water partition coefficient (Wildman–Crippen LogP) is 4.85. The minimum Gasteiger partial charge on any atom is -0.324 e. The van der Waals surface area contributed by atoms with Crippen molar-refractivity contribution in [1.82, 2.24) is 0 Å². The quantitative estimate of drug-likeness (QED) is 0.839. The summed E-state index contributed by atoms with van der Waals surface area (Å²) < 4.78 is 0. The van der Waals surface area contributed by atoms with E-state index in [1.807, 2.05) is 12.1 Å². The van der Waals surface area contributed by atoms with Crippen LogP contribution in [0.3, 0.4) is 0 Å². The lowest BCUT2D eigenvalue weighted by Crippen LogP contribution is -2.11. The summed E-state index contributed by atoms with van der Waals surface area (Å²) in [5.41, 5.74) is 7.02. The lowest BCUT2D eigenvalue weighted by molar-refractivity contribution is 0.507. The number of benzene rings is 1. The molecule has 0 aliphatic heterocycles. The molecule has 0 bridgehead atoms. The molecule has 0 aliphatic carbocycles. The van der Waals surface area contributed by atoms with Crippen LogP contribution in [0.15, 0.2) is 18.2 Å². The molecule has 1 rings (SSSR count). The van der Waals surface area contributed by atoms with Gasteiger partial charge in [0, 0.05) is 6.04 Å². The Morgan fingerprint density at radius 3 is 2.38 bits per heavy atom. The molecule has 1 atom stereocenters. The average molecular weight is 283 g/mol. The second-order valence-electron chi connectivity index (χ2n) is 4.22. The molecule has 0 saturated heterocycles. The number of hydrogen-bond donors (Lipinski definition) is 1. The van der Waals surface area contributed by atoms with Crippen LogP contribution in [0.25, 0.3) is 0 Å². The minimum atomic E-state index is -0.0152. The van der Waals surface area contributed by atoms with Crippen molar-refractivity contribution in [2.45, 2.75) is 32.7 Å². The third kappa shape index (κ3) is 4.50. The first-order valence-electron chi connectivity index (χ1n) is 5.22. The summed E-state index contributed by atoms with van der Waals surface area (Å²) in [6.07, 6.45) is 2.04. The maximum atomic E-state index is 6.09. The highest BCUT2D eigenvalue weighted by molar-refractivity contribution is 6.42. The molecule has 1 aromatic carbocycles. The van der Waals surface area contributed by atoms with Gasteiger partial charge in [0.2, 0.25) is 0 Å². The van der Waals surface area contributed by atoms with E-state index in [4.69, 9.17) is 28.9 Å². The average Bonchev–Trinajstić information content (AvgIpc) is 2.18. The third-order valence-corrected chi connectivity index (χ3v) is 3.27. The normalized spacial score (nSPS) is 12.4. The summed E-state index contributed by atoms with van der Waals surface area (Å²) >= 11 is 12.0. The summed E-state index contributed by atoms with van der Waals surface area (Å²) in [7, 11) is 0. The van der Waals surface area contributed by atoms with Crippen LogP contribution in [-0.4, -0.2) is 0 Å². The van der Waals surface area contributed by atoms with Gasteiger partial charge < -0.3 is 5.73 Å². The van der Waals surface area contributed by atoms with Crippen LogP contribution in [-0.2, 0) is 0 Å². The van der Waals surface area contributed by atoms with Crippen molar-refractivity contribution >= 4 is 35.6 Å². The minimum absolute atomic E-state index is 0. The van der Waals surface area contributed by atoms with Gasteiger partial charge in [-0.3, -0.25) is 0 Å². The van der Waals surface area contributed by atoms with Crippen molar-refractivity contribution < 1.29 is 0 Å². The molecule has 0 fully saturated rings. The Balaban J connectivity index is 0.00000225. The van der Waals surface area contributed by atoms with Crippen molar-refractivity contribution in [2.24, 2.45) is 11.7 Å². The van der Waals surface area contributed by atoms with E-state index >= 15 is 0 Å². The molecule has 0 heterocycles. The fourth-order valence-corrected chi connectivity index (χ4v) is 1.92. The Labute approximate surface area is 114 Å². The highest BCUT2D eigenvalue weighted by Gasteiger charge is 2.12. The number of nitrogens with two attached hydrogens (primary N) is 1. The van der Waals surface area contributed by atoms with Gasteiger partial charge >= 0.3 is 0 Å². The van der Waals surface area contributed by atoms with Gasteiger partial charge in [-0.15, -0.1) is 12.4 Å². The van der Waals surface area contributed by atoms with Gasteiger partial charge in [0.15, 0.2) is 0 Å². The predicted molar refractivity (Wildman–Crippen MR) is 74.7 cm³/mol. The second kappa shape index (κ2) is 7.39. The third-order valence-electron chi connectivity index (χ3n) is 2.44. The molecule has 0 aliphatic rings. The zero-order valence-corrected chi connectivity index (χ0v) is 11.9. The zero-order chi connectivity index (χ0) is 11.4. The highest BCUT2D eigenvalue weighted by atomic mass is 35.5. The smallest absolute Gasteiger partial charge is 0.0639 e. The maximum Gasteiger partial charge on any atom is 0.0639 e. The van der Waals surface area contributed by atoms with Crippen molar-refractivity contribution in [3.63, 3.8) is 0 Å². The van der Waals surface area contributed by atoms with E-state index in [2.05, 4.69) is 13.8 Å². The van der Waals surface area contributed by atoms with Gasteiger partial charge in [0.05, 0.1) is 10.0 Å². The van der Waals surface area contributed by atoms with E-state index in [0.717, 1.165) is 18.4 Å². The van der Waals surface area contributed by atoms with Crippen molar-refractivity contribution in [3.05, 3.63) is 33.8 Å². The summed E-state index contributed by atoms with van der Waals surface area (Å²) in [6, 6.07) is 5.60. The first-order valence-corrected chi connectivity index (χ1v) is 5.97. The van der Waals surface area contributed by atoms with E-state index in [9.17, 15) is 0 Å². The molecule has 92 valence electrons. The van der Waals surface area contributed by atoms with Crippen LogP contribution in [0.1, 0.15) is 38.3 Å². The molecule has 16 heavy (non-hydrogen) atoms. The van der Waals surface area contributed by atoms with Gasteiger partial charge in [-0.05, 0) is 30.4 Å². The summed E-state index contributed by atoms with van der Waals surface area (Å²) in [5, 5.41) is 1.17. The Kier molecular flexibility index (Phi) is 7.41. The molecule has 1 nitrogen and oxygen atoms in total. The Morgan fingerprint density at radius 1 is 1.19 bits per heavy atom. The zero-order valence-electron chi connectivity index (χ0n) is 9.54. The molecule has 0 aromatic heterocycles. The van der Waals surface area contributed by atoms with E-state index in [0.29, 0.717) is 16.0 Å². The van der Waals surface area contributed by atoms with Crippen LogP contribution in [0, 0.1) is 5.92 Å². The molecule has 1 aromatic rings. The summed E-state index contributed by atoms with van der Waals surface area (Å²) in [4.78, 5) is 0.